The summed E-state index contributed by atoms with van der Waals surface area (Å²) in [7, 11) is 0. The molecule has 9 atom stereocenters. The van der Waals surface area contributed by atoms with Crippen molar-refractivity contribution in [2.24, 2.45) is 22.9 Å². The van der Waals surface area contributed by atoms with Crippen molar-refractivity contribution >= 4 is 71.4 Å². The Balaban J connectivity index is 0.000000221. The summed E-state index contributed by atoms with van der Waals surface area (Å²) >= 11 is 1.82. The summed E-state index contributed by atoms with van der Waals surface area (Å²) in [5.41, 5.74) is 25.7. The molecular formula is C36H60N16O13S+4. The number of amides is 4. The van der Waals surface area contributed by atoms with Gasteiger partial charge in [0.15, 0.2) is 12.1 Å². The number of unbranched alkanes of at least 4 members (excludes halogenated alkanes) is 1. The average molecular weight is 957 g/mol. The number of thioether (sulfide) groups is 1. The number of hydrazine groups is 1. The summed E-state index contributed by atoms with van der Waals surface area (Å²) in [4.78, 5) is 76.0. The topological polar surface area (TPSA) is 456 Å². The van der Waals surface area contributed by atoms with Crippen LogP contribution < -0.4 is 75.7 Å². The predicted octanol–water partition coefficient (Wildman–Crippen LogP) is -12.5. The molecule has 0 aromatic carbocycles. The van der Waals surface area contributed by atoms with Crippen molar-refractivity contribution in [2.75, 3.05) is 32.1 Å². The van der Waals surface area contributed by atoms with Crippen LogP contribution in [0.5, 0.6) is 0 Å². The Labute approximate surface area is 379 Å². The maximum atomic E-state index is 12.3. The highest BCUT2D eigenvalue weighted by molar-refractivity contribution is 8.00. The van der Waals surface area contributed by atoms with Crippen molar-refractivity contribution in [2.45, 2.75) is 129 Å². The van der Waals surface area contributed by atoms with Gasteiger partial charge in [0.2, 0.25) is 23.4 Å². The van der Waals surface area contributed by atoms with Crippen molar-refractivity contribution in [3.8, 4) is 0 Å². The number of carbonyl (C=O) groups is 6. The van der Waals surface area contributed by atoms with Crippen molar-refractivity contribution in [1.82, 2.24) is 42.8 Å². The third-order valence-electron chi connectivity index (χ3n) is 13.0. The number of rotatable bonds is 15. The van der Waals surface area contributed by atoms with E-state index in [2.05, 4.69) is 52.7 Å². The summed E-state index contributed by atoms with van der Waals surface area (Å²) in [6.45, 7) is 0.217. The van der Waals surface area contributed by atoms with Gasteiger partial charge in [-0.1, -0.05) is 6.42 Å². The molecule has 0 aromatic heterocycles. The largest absolute Gasteiger partial charge is 0.481 e. The molecule has 8 rings (SSSR count). The third kappa shape index (κ3) is 9.18. The molecule has 29 nitrogen and oxygen atoms in total. The van der Waals surface area contributed by atoms with E-state index >= 15 is 0 Å². The van der Waals surface area contributed by atoms with Crippen LogP contribution in [0.4, 0.5) is 4.79 Å². The van der Waals surface area contributed by atoms with E-state index in [0.717, 1.165) is 18.6 Å². The molecule has 0 radical (unpaired) electrons. The van der Waals surface area contributed by atoms with Gasteiger partial charge < -0.3 is 45.6 Å². The van der Waals surface area contributed by atoms with Gasteiger partial charge in [0, 0.05) is 36.7 Å². The van der Waals surface area contributed by atoms with Crippen LogP contribution in [0, 0.1) is 0 Å². The fourth-order valence-electron chi connectivity index (χ4n) is 9.91. The van der Waals surface area contributed by atoms with Crippen LogP contribution in [0.1, 0.15) is 64.2 Å². The van der Waals surface area contributed by atoms with Gasteiger partial charge in [0.1, 0.15) is 25.3 Å². The van der Waals surface area contributed by atoms with E-state index in [0.29, 0.717) is 11.7 Å². The monoisotopic (exact) mass is 956 g/mol. The van der Waals surface area contributed by atoms with E-state index in [1.165, 1.54) is 0 Å². The Hall–Kier alpha value is -6.11. The van der Waals surface area contributed by atoms with Gasteiger partial charge in [-0.3, -0.25) is 78.4 Å². The van der Waals surface area contributed by atoms with Crippen LogP contribution in [0.15, 0.2) is 0 Å². The van der Waals surface area contributed by atoms with E-state index in [1.807, 2.05) is 11.8 Å². The molecule has 0 bridgehead atoms. The number of carboxylic acids is 1. The summed E-state index contributed by atoms with van der Waals surface area (Å²) in [6, 6.07) is -2.46. The van der Waals surface area contributed by atoms with Gasteiger partial charge in [-0.2, -0.15) is 11.8 Å². The summed E-state index contributed by atoms with van der Waals surface area (Å²) in [6.07, 6.45) is 1.62. The molecule has 364 valence electrons. The SMILES string of the molecule is NC1=[NH+]C2C(COC(=O)CCC(=O)NNC(=O)CCCCC3SCC4NC(=O)NC43)NC(N)=[N+]3CCC(O)(O)C23N1.NC1=[NH+]C2C(COC(=O)CCC(=O)O)NC(N)=[N+]3CCC(O)(O)C23N1. The number of fused-ring (bicyclic) bond motifs is 1. The van der Waals surface area contributed by atoms with Crippen LogP contribution in [0.2, 0.25) is 0 Å². The lowest BCUT2D eigenvalue weighted by Crippen LogP contribution is -2.91. The lowest BCUT2D eigenvalue weighted by atomic mass is 9.87. The number of carboxylic acid groups (broad SMARTS) is 1. The number of nitrogens with two attached hydrogens (primary N) is 4. The summed E-state index contributed by atoms with van der Waals surface area (Å²) in [5, 5.41) is 68.9. The second kappa shape index (κ2) is 18.6. The zero-order valence-electron chi connectivity index (χ0n) is 35.8. The first kappa shape index (κ1) is 47.8. The molecule has 4 amide bonds. The molecular weight excluding hydrogens is 897 g/mol. The normalized spacial score (nSPS) is 32.3. The number of hydrogen-bond acceptors (Lipinski definition) is 21. The summed E-state index contributed by atoms with van der Waals surface area (Å²) in [5.74, 6) is -6.06. The number of guanidine groups is 4. The van der Waals surface area contributed by atoms with Gasteiger partial charge in [0.25, 0.3) is 11.3 Å². The van der Waals surface area contributed by atoms with Crippen LogP contribution in [0.25, 0.3) is 0 Å². The second-order valence-electron chi connectivity index (χ2n) is 17.3. The maximum Gasteiger partial charge on any atom is 0.347 e. The number of aliphatic carboxylic acids is 1. The van der Waals surface area contributed by atoms with Crippen molar-refractivity contribution in [1.29, 1.82) is 0 Å². The molecule has 0 aromatic rings. The van der Waals surface area contributed by atoms with Crippen LogP contribution in [-0.4, -0.2) is 191 Å². The van der Waals surface area contributed by atoms with Gasteiger partial charge >= 0.3 is 47.8 Å². The first-order valence-electron chi connectivity index (χ1n) is 21.5. The second-order valence-corrected chi connectivity index (χ2v) is 18.6. The molecule has 66 heavy (non-hydrogen) atoms. The number of carbonyl (C=O) groups excluding carboxylic acids is 5. The van der Waals surface area contributed by atoms with Gasteiger partial charge in [-0.15, -0.1) is 0 Å². The first-order chi connectivity index (χ1) is 31.2. The van der Waals surface area contributed by atoms with Crippen LogP contribution >= 0.6 is 11.8 Å². The zero-order chi connectivity index (χ0) is 47.8. The van der Waals surface area contributed by atoms with Crippen LogP contribution in [0.3, 0.4) is 0 Å². The first-order valence-corrected chi connectivity index (χ1v) is 22.6. The molecule has 8 heterocycles. The number of ether oxygens (including phenoxy) is 2. The number of nitrogens with one attached hydrogen (secondary N) is 10. The number of esters is 2. The Kier molecular flexibility index (Phi) is 13.5. The van der Waals surface area contributed by atoms with Crippen LogP contribution in [-0.2, 0) is 33.4 Å². The summed E-state index contributed by atoms with van der Waals surface area (Å²) < 4.78 is 13.6. The molecule has 8 aliphatic rings. The third-order valence-corrected chi connectivity index (χ3v) is 14.5. The molecule has 9 unspecified atom stereocenters. The Morgan fingerprint density at radius 1 is 0.712 bits per heavy atom. The van der Waals surface area contributed by atoms with E-state index in [4.69, 9.17) is 37.5 Å². The molecule has 23 N–H and O–H groups in total. The van der Waals surface area contributed by atoms with Crippen molar-refractivity contribution in [3.63, 3.8) is 0 Å². The number of nitrogens with zero attached hydrogens (tertiary/aromatic N) is 2. The molecule has 4 saturated heterocycles. The Morgan fingerprint density at radius 2 is 1.21 bits per heavy atom. The van der Waals surface area contributed by atoms with E-state index in [9.17, 15) is 49.2 Å². The average Bonchev–Trinajstić information content (AvgIpc) is 4.09. The zero-order valence-corrected chi connectivity index (χ0v) is 36.6. The highest BCUT2D eigenvalue weighted by Crippen LogP contribution is 2.38. The minimum Gasteiger partial charge on any atom is -0.481 e. The Morgan fingerprint density at radius 3 is 1.73 bits per heavy atom. The van der Waals surface area contributed by atoms with Crippen molar-refractivity contribution in [3.05, 3.63) is 0 Å². The highest BCUT2D eigenvalue weighted by atomic mass is 32.2. The molecule has 4 fully saturated rings. The minimum absolute atomic E-state index is 0.0191. The lowest BCUT2D eigenvalue weighted by Gasteiger charge is -2.40. The molecule has 30 heteroatoms. The predicted molar refractivity (Wildman–Crippen MR) is 224 cm³/mol. The fourth-order valence-corrected chi connectivity index (χ4v) is 11.5. The Bertz CT molecular complexity index is 2120. The van der Waals surface area contributed by atoms with Gasteiger partial charge in [-0.05, 0) is 12.8 Å². The molecule has 2 spiro atoms. The molecule has 8 aliphatic heterocycles. The maximum absolute atomic E-state index is 12.3. The standard InChI is InChI=1S/C23H36N10O7S.C13H20N6O6/c24-19-29-18-11(26-20(25)33-8-7-22(38,39)23(18,33)30-19)9-40-16(36)6-5-15(35)32-31-14(34)4-2-1-3-13-17-12(10-41-13)27-21(37)28-17;14-10-17-9-6(5-25-8(22)2-1-7(20)21)16-11(15)19-4-3-12(23,24)13(9,19)18-10/h11-13,17-18,38-39H,1-10H2,(H9,24,25,26,27,28,29,30,31,32,34,35,37);6,9,23-24H,1-5H2,(H6,14,15,16,17,18,20,21)/p+4. The van der Waals surface area contributed by atoms with E-state index < -0.39 is 70.9 Å². The minimum atomic E-state index is -2.16. The van der Waals surface area contributed by atoms with E-state index in [1.54, 1.807) is 9.15 Å². The number of aliphatic hydroxyl groups is 4. The van der Waals surface area contributed by atoms with Crippen molar-refractivity contribution < 1.29 is 82.9 Å². The van der Waals surface area contributed by atoms with E-state index in [-0.39, 0.29) is 119 Å². The molecule has 0 saturated carbocycles. The lowest BCUT2D eigenvalue weighted by molar-refractivity contribution is -0.674. The number of hydrogen-bond donors (Lipinski definition) is 19. The number of urea groups is 1. The fraction of sp³-hybridized carbons (Fsp3) is 0.722. The quantitative estimate of drug-likeness (QED) is 0.0181. The highest BCUT2D eigenvalue weighted by Gasteiger charge is 2.76. The van der Waals surface area contributed by atoms with Gasteiger partial charge in [0.05, 0.1) is 44.4 Å². The smallest absolute Gasteiger partial charge is 0.347 e. The molecule has 0 aliphatic carbocycles. The van der Waals surface area contributed by atoms with Gasteiger partial charge in [-0.25, -0.2) is 24.6 Å².